The van der Waals surface area contributed by atoms with Crippen LogP contribution in [0.3, 0.4) is 0 Å². The largest absolute Gasteiger partial charge is 0.462 e. The maximum absolute atomic E-state index is 11.9. The number of hydrogen-bond donors (Lipinski definition) is 0. The molecule has 0 saturated heterocycles. The highest BCUT2D eigenvalue weighted by Crippen LogP contribution is 2.15. The first-order valence-electron chi connectivity index (χ1n) is 10.9. The molecule has 0 rings (SSSR count). The van der Waals surface area contributed by atoms with Gasteiger partial charge in [0.25, 0.3) is 0 Å². The van der Waals surface area contributed by atoms with Crippen LogP contribution in [0.1, 0.15) is 130 Å². The number of carbonyl (C=O) groups excluding carboxylic acids is 1. The first-order chi connectivity index (χ1) is 11.7. The van der Waals surface area contributed by atoms with E-state index >= 15 is 0 Å². The maximum Gasteiger partial charge on any atom is 0.306 e. The third-order valence-corrected chi connectivity index (χ3v) is 4.87. The third kappa shape index (κ3) is 16.3. The Labute approximate surface area is 152 Å². The quantitative estimate of drug-likeness (QED) is 0.190. The summed E-state index contributed by atoms with van der Waals surface area (Å²) >= 11 is 0. The molecule has 0 bridgehead atoms. The van der Waals surface area contributed by atoms with E-state index in [1.54, 1.807) is 0 Å². The Kier molecular flexibility index (Phi) is 18.4. The highest BCUT2D eigenvalue weighted by atomic mass is 16.5. The van der Waals surface area contributed by atoms with Crippen molar-refractivity contribution in [3.63, 3.8) is 0 Å². The summed E-state index contributed by atoms with van der Waals surface area (Å²) < 4.78 is 5.64. The molecule has 0 N–H and O–H groups in total. The first kappa shape index (κ1) is 23.5. The molecule has 1 atom stereocenters. The summed E-state index contributed by atoms with van der Waals surface area (Å²) in [5, 5.41) is 0. The van der Waals surface area contributed by atoms with Gasteiger partial charge in [0.15, 0.2) is 0 Å². The van der Waals surface area contributed by atoms with Crippen molar-refractivity contribution in [2.24, 2.45) is 0 Å². The lowest BCUT2D eigenvalue weighted by molar-refractivity contribution is -0.149. The number of rotatable bonds is 18. The van der Waals surface area contributed by atoms with E-state index in [2.05, 4.69) is 20.8 Å². The van der Waals surface area contributed by atoms with E-state index in [1.165, 1.54) is 77.0 Å². The second kappa shape index (κ2) is 18.8. The molecule has 0 spiro atoms. The Morgan fingerprint density at radius 2 is 1.12 bits per heavy atom. The zero-order valence-electron chi connectivity index (χ0n) is 16.9. The van der Waals surface area contributed by atoms with Crippen LogP contribution in [0.5, 0.6) is 0 Å². The molecule has 0 fully saturated rings. The predicted molar refractivity (Wildman–Crippen MR) is 105 cm³/mol. The minimum absolute atomic E-state index is 0.0225. The van der Waals surface area contributed by atoms with Gasteiger partial charge in [-0.15, -0.1) is 0 Å². The summed E-state index contributed by atoms with van der Waals surface area (Å²) in [5.41, 5.74) is 0. The molecule has 0 saturated carbocycles. The lowest BCUT2D eigenvalue weighted by atomic mass is 10.0. The van der Waals surface area contributed by atoms with Crippen LogP contribution in [-0.2, 0) is 9.53 Å². The fraction of sp³-hybridized carbons (Fsp3) is 0.955. The average Bonchev–Trinajstić information content (AvgIpc) is 2.59. The molecule has 0 heterocycles. The van der Waals surface area contributed by atoms with Crippen molar-refractivity contribution >= 4 is 5.97 Å². The summed E-state index contributed by atoms with van der Waals surface area (Å²) in [4.78, 5) is 11.9. The van der Waals surface area contributed by atoms with Crippen LogP contribution in [0.4, 0.5) is 0 Å². The van der Waals surface area contributed by atoms with Crippen LogP contribution in [0.25, 0.3) is 0 Å². The van der Waals surface area contributed by atoms with Gasteiger partial charge in [0, 0.05) is 6.42 Å². The van der Waals surface area contributed by atoms with Crippen molar-refractivity contribution in [1.29, 1.82) is 0 Å². The van der Waals surface area contributed by atoms with Crippen LogP contribution in [-0.4, -0.2) is 12.1 Å². The van der Waals surface area contributed by atoms with Crippen molar-refractivity contribution in [3.05, 3.63) is 0 Å². The molecule has 0 aliphatic carbocycles. The second-order valence-electron chi connectivity index (χ2n) is 7.30. The zero-order chi connectivity index (χ0) is 17.9. The van der Waals surface area contributed by atoms with Gasteiger partial charge in [0.2, 0.25) is 0 Å². The maximum atomic E-state index is 11.9. The molecule has 2 heteroatoms. The standard InChI is InChI=1S/C22H44O2/c1-4-7-9-11-12-13-14-16-17-19-21(6-3)24-22(23)20-18-15-10-8-5-2/h21H,4-20H2,1-3H3/t21-/m0/s1. The molecule has 0 radical (unpaired) electrons. The second-order valence-corrected chi connectivity index (χ2v) is 7.30. The molecule has 2 nitrogen and oxygen atoms in total. The summed E-state index contributed by atoms with van der Waals surface area (Å²) in [6.45, 7) is 6.61. The molecule has 0 aliphatic rings. The fourth-order valence-electron chi connectivity index (χ4n) is 3.15. The lowest BCUT2D eigenvalue weighted by Crippen LogP contribution is -2.17. The van der Waals surface area contributed by atoms with E-state index in [0.717, 1.165) is 25.7 Å². The Morgan fingerprint density at radius 3 is 1.62 bits per heavy atom. The first-order valence-corrected chi connectivity index (χ1v) is 10.9. The SMILES string of the molecule is CCCCCCCCCCC[C@H](CC)OC(=O)CCCCCCC. The topological polar surface area (TPSA) is 26.3 Å². The van der Waals surface area contributed by atoms with Gasteiger partial charge in [0.1, 0.15) is 6.10 Å². The lowest BCUT2D eigenvalue weighted by Gasteiger charge is -2.16. The average molecular weight is 341 g/mol. The van der Waals surface area contributed by atoms with E-state index in [-0.39, 0.29) is 12.1 Å². The van der Waals surface area contributed by atoms with Crippen LogP contribution >= 0.6 is 0 Å². The number of ether oxygens (including phenoxy) is 1. The number of hydrogen-bond acceptors (Lipinski definition) is 2. The molecule has 0 unspecified atom stereocenters. The van der Waals surface area contributed by atoms with E-state index in [4.69, 9.17) is 4.74 Å². The molecule has 24 heavy (non-hydrogen) atoms. The van der Waals surface area contributed by atoms with Gasteiger partial charge in [-0.05, 0) is 25.7 Å². The Hall–Kier alpha value is -0.530. The third-order valence-electron chi connectivity index (χ3n) is 4.87. The number of esters is 1. The highest BCUT2D eigenvalue weighted by molar-refractivity contribution is 5.69. The Balaban J connectivity index is 3.49. The van der Waals surface area contributed by atoms with Gasteiger partial charge in [-0.25, -0.2) is 0 Å². The van der Waals surface area contributed by atoms with Gasteiger partial charge < -0.3 is 4.74 Å². The normalized spacial score (nSPS) is 12.3. The fourth-order valence-corrected chi connectivity index (χ4v) is 3.15. The molecule has 0 aromatic carbocycles. The molecule has 0 aromatic heterocycles. The minimum atomic E-state index is 0.0225. The number of unbranched alkanes of at least 4 members (excludes halogenated alkanes) is 12. The van der Waals surface area contributed by atoms with Crippen molar-refractivity contribution in [2.75, 3.05) is 0 Å². The smallest absolute Gasteiger partial charge is 0.306 e. The summed E-state index contributed by atoms with van der Waals surface area (Å²) in [5.74, 6) is 0.0225. The van der Waals surface area contributed by atoms with E-state index in [0.29, 0.717) is 6.42 Å². The summed E-state index contributed by atoms with van der Waals surface area (Å²) in [7, 11) is 0. The van der Waals surface area contributed by atoms with Crippen molar-refractivity contribution in [2.45, 2.75) is 136 Å². The molecule has 144 valence electrons. The molecule has 0 aromatic rings. The number of carbonyl (C=O) groups is 1. The van der Waals surface area contributed by atoms with Crippen molar-refractivity contribution < 1.29 is 9.53 Å². The van der Waals surface area contributed by atoms with E-state index < -0.39 is 0 Å². The van der Waals surface area contributed by atoms with Gasteiger partial charge in [-0.1, -0.05) is 97.8 Å². The predicted octanol–water partition coefficient (Wildman–Crippen LogP) is 7.59. The summed E-state index contributed by atoms with van der Waals surface area (Å²) in [6.07, 6.45) is 20.8. The Bertz CT molecular complexity index is 263. The van der Waals surface area contributed by atoms with Crippen LogP contribution in [0.15, 0.2) is 0 Å². The zero-order valence-corrected chi connectivity index (χ0v) is 16.9. The van der Waals surface area contributed by atoms with Gasteiger partial charge in [-0.2, -0.15) is 0 Å². The molecule has 0 amide bonds. The van der Waals surface area contributed by atoms with Crippen molar-refractivity contribution in [3.8, 4) is 0 Å². The van der Waals surface area contributed by atoms with E-state index in [9.17, 15) is 4.79 Å². The summed E-state index contributed by atoms with van der Waals surface area (Å²) in [6, 6.07) is 0. The molecular weight excluding hydrogens is 296 g/mol. The molecule has 0 aliphatic heterocycles. The molecular formula is C22H44O2. The monoisotopic (exact) mass is 340 g/mol. The van der Waals surface area contributed by atoms with E-state index in [1.807, 2.05) is 0 Å². The van der Waals surface area contributed by atoms with Crippen LogP contribution in [0, 0.1) is 0 Å². The van der Waals surface area contributed by atoms with Gasteiger partial charge >= 0.3 is 5.97 Å². The van der Waals surface area contributed by atoms with Crippen LogP contribution < -0.4 is 0 Å². The van der Waals surface area contributed by atoms with Gasteiger partial charge in [-0.3, -0.25) is 4.79 Å². The van der Waals surface area contributed by atoms with Gasteiger partial charge in [0.05, 0.1) is 0 Å². The Morgan fingerprint density at radius 1 is 0.667 bits per heavy atom. The van der Waals surface area contributed by atoms with Crippen molar-refractivity contribution in [1.82, 2.24) is 0 Å². The minimum Gasteiger partial charge on any atom is -0.462 e. The highest BCUT2D eigenvalue weighted by Gasteiger charge is 2.11. The van der Waals surface area contributed by atoms with Crippen LogP contribution in [0.2, 0.25) is 0 Å².